The Morgan fingerprint density at radius 1 is 1.00 bits per heavy atom. The maximum atomic E-state index is 13.1. The number of nitro groups is 1. The molecule has 1 atom stereocenters. The summed E-state index contributed by atoms with van der Waals surface area (Å²) in [6, 6.07) is 15.4. The Morgan fingerprint density at radius 2 is 1.69 bits per heavy atom. The first kappa shape index (κ1) is 28.3. The predicted molar refractivity (Wildman–Crippen MR) is 142 cm³/mol. The highest BCUT2D eigenvalue weighted by atomic mass is 16.6. The van der Waals surface area contributed by atoms with E-state index in [-0.39, 0.29) is 17.7 Å². The summed E-state index contributed by atoms with van der Waals surface area (Å²) in [5.41, 5.74) is 3.08. The van der Waals surface area contributed by atoms with Crippen LogP contribution in [0.2, 0.25) is 0 Å². The number of benzene rings is 3. The van der Waals surface area contributed by atoms with Crippen molar-refractivity contribution >= 4 is 35.2 Å². The molecule has 0 aliphatic carbocycles. The highest BCUT2D eigenvalue weighted by Crippen LogP contribution is 2.25. The van der Waals surface area contributed by atoms with Gasteiger partial charge >= 0.3 is 0 Å². The number of rotatable bonds is 11. The Kier molecular flexibility index (Phi) is 9.70. The lowest BCUT2D eigenvalue weighted by Gasteiger charge is -2.18. The molecule has 3 amide bonds. The molecule has 0 saturated carbocycles. The number of methoxy groups -OCH3 is 2. The number of non-ortho nitro benzene ring substituents is 1. The highest BCUT2D eigenvalue weighted by molar-refractivity contribution is 6.01. The molecule has 202 valence electrons. The maximum absolute atomic E-state index is 13.1. The fourth-order valence-corrected chi connectivity index (χ4v) is 3.55. The summed E-state index contributed by atoms with van der Waals surface area (Å²) in [5, 5.41) is 25.1. The molecule has 39 heavy (non-hydrogen) atoms. The van der Waals surface area contributed by atoms with Crippen molar-refractivity contribution in [3.8, 4) is 11.5 Å². The summed E-state index contributed by atoms with van der Waals surface area (Å²) >= 11 is 0. The van der Waals surface area contributed by atoms with Crippen LogP contribution >= 0.6 is 0 Å². The van der Waals surface area contributed by atoms with Gasteiger partial charge in [-0.1, -0.05) is 12.1 Å². The number of ether oxygens (including phenoxy) is 2. The number of amides is 3. The monoisotopic (exact) mass is 534 g/mol. The van der Waals surface area contributed by atoms with Gasteiger partial charge in [0.1, 0.15) is 17.5 Å². The molecule has 12 heteroatoms. The van der Waals surface area contributed by atoms with Crippen molar-refractivity contribution in [2.45, 2.75) is 12.5 Å². The van der Waals surface area contributed by atoms with Crippen molar-refractivity contribution in [3.63, 3.8) is 0 Å². The van der Waals surface area contributed by atoms with Gasteiger partial charge in [0.05, 0.1) is 19.1 Å². The first-order valence-corrected chi connectivity index (χ1v) is 11.5. The fraction of sp³-hybridized carbons (Fsp3) is 0.148. The molecule has 0 unspecified atom stereocenters. The van der Waals surface area contributed by atoms with Crippen molar-refractivity contribution in [1.82, 2.24) is 10.8 Å². The van der Waals surface area contributed by atoms with Gasteiger partial charge in [-0.05, 0) is 54.1 Å². The molecule has 0 radical (unpaired) electrons. The molecule has 12 nitrogen and oxygen atoms in total. The van der Waals surface area contributed by atoms with Crippen LogP contribution < -0.4 is 25.6 Å². The predicted octanol–water partition coefficient (Wildman–Crippen LogP) is 3.11. The first-order valence-electron chi connectivity index (χ1n) is 11.5. The zero-order chi connectivity index (χ0) is 28.4. The minimum atomic E-state index is -1.06. The number of nitro benzene ring substituents is 1. The second kappa shape index (κ2) is 13.4. The molecule has 0 aromatic heterocycles. The Hall–Kier alpha value is -5.23. The molecule has 0 aliphatic heterocycles. The van der Waals surface area contributed by atoms with E-state index >= 15 is 0 Å². The summed E-state index contributed by atoms with van der Waals surface area (Å²) < 4.78 is 10.5. The van der Waals surface area contributed by atoms with Gasteiger partial charge in [0.25, 0.3) is 11.6 Å². The minimum Gasteiger partial charge on any atom is -0.497 e. The van der Waals surface area contributed by atoms with Gasteiger partial charge in [-0.25, -0.2) is 5.48 Å². The third-order valence-electron chi connectivity index (χ3n) is 5.59. The highest BCUT2D eigenvalue weighted by Gasteiger charge is 2.21. The van der Waals surface area contributed by atoms with Crippen molar-refractivity contribution in [3.05, 3.63) is 99.6 Å². The molecule has 0 fully saturated rings. The van der Waals surface area contributed by atoms with Gasteiger partial charge in [-0.3, -0.25) is 29.7 Å². The molecular formula is C27H26N4O8. The SMILES string of the molecule is COc1ccc(OC)c(/C=C/C(=O)N[C@@H](Cc2ccc([N+](=O)[O-])cc2)C(=O)Nc2ccc(C(=O)NO)cc2)c1. The lowest BCUT2D eigenvalue weighted by Crippen LogP contribution is -2.44. The third kappa shape index (κ3) is 7.87. The number of hydrogen-bond acceptors (Lipinski definition) is 8. The summed E-state index contributed by atoms with van der Waals surface area (Å²) in [5.74, 6) is -0.770. The standard InChI is InChI=1S/C27H26N4O8/c1-38-22-12-13-24(39-2)19(16-22)7-14-25(32)29-23(15-17-3-10-21(11-4-17)31(36)37)27(34)28-20-8-5-18(6-9-20)26(33)30-35/h3-14,16,23,35H,15H2,1-2H3,(H,28,34)(H,29,32)(H,30,33)/b14-7+/t23-/m0/s1. The van der Waals surface area contributed by atoms with E-state index in [1.165, 1.54) is 80.4 Å². The van der Waals surface area contributed by atoms with Crippen LogP contribution in [-0.4, -0.2) is 48.1 Å². The molecule has 4 N–H and O–H groups in total. The average Bonchev–Trinajstić information content (AvgIpc) is 2.95. The van der Waals surface area contributed by atoms with Gasteiger partial charge in [0.15, 0.2) is 0 Å². The van der Waals surface area contributed by atoms with E-state index in [9.17, 15) is 24.5 Å². The van der Waals surface area contributed by atoms with Crippen LogP contribution in [0.1, 0.15) is 21.5 Å². The molecule has 3 aromatic carbocycles. The molecule has 0 heterocycles. The van der Waals surface area contributed by atoms with Gasteiger partial charge < -0.3 is 20.1 Å². The largest absolute Gasteiger partial charge is 0.497 e. The van der Waals surface area contributed by atoms with Crippen LogP contribution in [0.3, 0.4) is 0 Å². The number of hydrogen-bond donors (Lipinski definition) is 4. The van der Waals surface area contributed by atoms with E-state index in [0.717, 1.165) is 0 Å². The zero-order valence-electron chi connectivity index (χ0n) is 21.0. The third-order valence-corrected chi connectivity index (χ3v) is 5.59. The lowest BCUT2D eigenvalue weighted by atomic mass is 10.0. The molecule has 3 aromatic rings. The van der Waals surface area contributed by atoms with Gasteiger partial charge in [0.2, 0.25) is 11.8 Å². The molecule has 0 saturated heterocycles. The summed E-state index contributed by atoms with van der Waals surface area (Å²) in [6.45, 7) is 0. The van der Waals surface area contributed by atoms with E-state index < -0.39 is 28.7 Å². The second-order valence-electron chi connectivity index (χ2n) is 8.14. The summed E-state index contributed by atoms with van der Waals surface area (Å²) in [4.78, 5) is 47.9. The molecule has 0 spiro atoms. The Balaban J connectivity index is 1.80. The van der Waals surface area contributed by atoms with Gasteiger partial charge in [-0.15, -0.1) is 0 Å². The van der Waals surface area contributed by atoms with E-state index in [1.807, 2.05) is 0 Å². The van der Waals surface area contributed by atoms with Crippen molar-refractivity contribution in [1.29, 1.82) is 0 Å². The number of carbonyl (C=O) groups is 3. The summed E-state index contributed by atoms with van der Waals surface area (Å²) in [6.07, 6.45) is 2.80. The minimum absolute atomic E-state index is 0.0386. The number of carbonyl (C=O) groups excluding carboxylic acids is 3. The van der Waals surface area contributed by atoms with Crippen LogP contribution in [0.5, 0.6) is 11.5 Å². The first-order chi connectivity index (χ1) is 18.7. The topological polar surface area (TPSA) is 169 Å². The van der Waals surface area contributed by atoms with Crippen molar-refractivity contribution < 1.29 is 34.0 Å². The number of nitrogens with one attached hydrogen (secondary N) is 3. The van der Waals surface area contributed by atoms with E-state index in [1.54, 1.807) is 18.2 Å². The average molecular weight is 535 g/mol. The Labute approximate surface area is 223 Å². The van der Waals surface area contributed by atoms with Crippen LogP contribution in [0.4, 0.5) is 11.4 Å². The van der Waals surface area contributed by atoms with E-state index in [0.29, 0.717) is 28.3 Å². The number of nitrogens with zero attached hydrogens (tertiary/aromatic N) is 1. The fourth-order valence-electron chi connectivity index (χ4n) is 3.55. The Morgan fingerprint density at radius 3 is 2.28 bits per heavy atom. The second-order valence-corrected chi connectivity index (χ2v) is 8.14. The van der Waals surface area contributed by atoms with Crippen LogP contribution in [-0.2, 0) is 16.0 Å². The van der Waals surface area contributed by atoms with Gasteiger partial charge in [-0.2, -0.15) is 0 Å². The van der Waals surface area contributed by atoms with Crippen LogP contribution in [0.25, 0.3) is 6.08 Å². The van der Waals surface area contributed by atoms with E-state index in [2.05, 4.69) is 10.6 Å². The normalized spacial score (nSPS) is 11.4. The van der Waals surface area contributed by atoms with Gasteiger partial charge in [0, 0.05) is 41.4 Å². The quantitative estimate of drug-likeness (QED) is 0.126. The molecule has 3 rings (SSSR count). The lowest BCUT2D eigenvalue weighted by molar-refractivity contribution is -0.384. The van der Waals surface area contributed by atoms with Crippen molar-refractivity contribution in [2.24, 2.45) is 0 Å². The summed E-state index contributed by atoms with van der Waals surface area (Å²) in [7, 11) is 3.00. The Bertz CT molecular complexity index is 1370. The number of anilines is 1. The zero-order valence-corrected chi connectivity index (χ0v) is 21.0. The smallest absolute Gasteiger partial charge is 0.274 e. The van der Waals surface area contributed by atoms with Crippen LogP contribution in [0, 0.1) is 10.1 Å². The molecule has 0 bridgehead atoms. The molecule has 0 aliphatic rings. The number of hydroxylamine groups is 1. The molecular weight excluding hydrogens is 508 g/mol. The van der Waals surface area contributed by atoms with Crippen LogP contribution in [0.15, 0.2) is 72.8 Å². The van der Waals surface area contributed by atoms with E-state index in [4.69, 9.17) is 14.7 Å². The van der Waals surface area contributed by atoms with Crippen molar-refractivity contribution in [2.75, 3.05) is 19.5 Å². The maximum Gasteiger partial charge on any atom is 0.274 e.